The molecule has 1 saturated carbocycles. The molecule has 0 radical (unpaired) electrons. The van der Waals surface area contributed by atoms with Crippen molar-refractivity contribution < 1.29 is 0 Å². The molecule has 2 rings (SSSR count). The molecule has 0 saturated heterocycles. The van der Waals surface area contributed by atoms with Crippen molar-refractivity contribution in [1.82, 2.24) is 9.97 Å². The average molecular weight is 240 g/mol. The van der Waals surface area contributed by atoms with Crippen molar-refractivity contribution in [1.29, 1.82) is 0 Å². The molecule has 15 heavy (non-hydrogen) atoms. The number of rotatable bonds is 3. The molecule has 0 spiro atoms. The molecular weight excluding hydrogens is 224 g/mol. The quantitative estimate of drug-likeness (QED) is 0.817. The van der Waals surface area contributed by atoms with E-state index in [0.717, 1.165) is 16.2 Å². The zero-order chi connectivity index (χ0) is 10.7. The first-order valence-electron chi connectivity index (χ1n) is 5.38. The van der Waals surface area contributed by atoms with E-state index in [-0.39, 0.29) is 0 Å². The lowest BCUT2D eigenvalue weighted by Crippen LogP contribution is -2.02. The fraction of sp³-hybridized carbons (Fsp3) is 0.636. The highest BCUT2D eigenvalue weighted by molar-refractivity contribution is 7.97. The van der Waals surface area contributed by atoms with Crippen molar-refractivity contribution >= 4 is 24.0 Å². The van der Waals surface area contributed by atoms with Crippen molar-refractivity contribution in [3.05, 3.63) is 22.2 Å². The van der Waals surface area contributed by atoms with E-state index in [1.807, 2.05) is 6.07 Å². The van der Waals surface area contributed by atoms with Gasteiger partial charge in [-0.3, -0.25) is 0 Å². The van der Waals surface area contributed by atoms with Gasteiger partial charge in [0.05, 0.1) is 5.75 Å². The van der Waals surface area contributed by atoms with Gasteiger partial charge in [-0.15, -0.1) is 0 Å². The minimum absolute atomic E-state index is 0.690. The molecule has 1 fully saturated rings. The normalized spacial score (nSPS) is 17.1. The van der Waals surface area contributed by atoms with Crippen LogP contribution in [0.1, 0.15) is 43.1 Å². The van der Waals surface area contributed by atoms with E-state index in [4.69, 9.17) is 12.2 Å². The molecule has 4 heteroatoms. The minimum atomic E-state index is 0.690. The van der Waals surface area contributed by atoms with Gasteiger partial charge in [0.1, 0.15) is 10.5 Å². The van der Waals surface area contributed by atoms with Crippen molar-refractivity contribution in [2.75, 3.05) is 6.26 Å². The van der Waals surface area contributed by atoms with Gasteiger partial charge in [-0.2, -0.15) is 11.8 Å². The highest BCUT2D eigenvalue weighted by atomic mass is 32.2. The summed E-state index contributed by atoms with van der Waals surface area (Å²) in [6.45, 7) is 0. The molecule has 0 amide bonds. The third kappa shape index (κ3) is 2.82. The highest BCUT2D eigenvalue weighted by Gasteiger charge is 2.18. The molecule has 1 aliphatic carbocycles. The molecule has 82 valence electrons. The number of hydrogen-bond acceptors (Lipinski definition) is 3. The van der Waals surface area contributed by atoms with Gasteiger partial charge in [0.2, 0.25) is 0 Å². The lowest BCUT2D eigenvalue weighted by molar-refractivity contribution is 0.687. The fourth-order valence-corrected chi connectivity index (χ4v) is 2.84. The second-order valence-electron chi connectivity index (χ2n) is 4.04. The minimum Gasteiger partial charge on any atom is -0.346 e. The van der Waals surface area contributed by atoms with E-state index in [1.54, 1.807) is 11.8 Å². The Morgan fingerprint density at radius 2 is 2.27 bits per heavy atom. The van der Waals surface area contributed by atoms with Crippen LogP contribution < -0.4 is 0 Å². The number of H-pyrrole nitrogens is 1. The Labute approximate surface area is 99.9 Å². The molecular formula is C11H16N2S2. The molecule has 1 N–H and O–H groups in total. The van der Waals surface area contributed by atoms with Gasteiger partial charge >= 0.3 is 0 Å². The Morgan fingerprint density at radius 1 is 1.53 bits per heavy atom. The summed E-state index contributed by atoms with van der Waals surface area (Å²) in [7, 11) is 0. The fourth-order valence-electron chi connectivity index (χ4n) is 2.19. The van der Waals surface area contributed by atoms with E-state index in [2.05, 4.69) is 16.2 Å². The number of aromatic amines is 1. The molecule has 1 heterocycles. The van der Waals surface area contributed by atoms with Gasteiger partial charge in [-0.25, -0.2) is 4.98 Å². The second kappa shape index (κ2) is 5.12. The topological polar surface area (TPSA) is 28.7 Å². The van der Waals surface area contributed by atoms with Gasteiger partial charge in [0, 0.05) is 5.69 Å². The van der Waals surface area contributed by atoms with Gasteiger partial charge in [-0.1, -0.05) is 25.1 Å². The van der Waals surface area contributed by atoms with Crippen molar-refractivity contribution in [3.63, 3.8) is 0 Å². The summed E-state index contributed by atoms with van der Waals surface area (Å²) in [5.74, 6) is 2.64. The number of nitrogens with one attached hydrogen (secondary N) is 1. The third-order valence-corrected chi connectivity index (χ3v) is 3.66. The summed E-state index contributed by atoms with van der Waals surface area (Å²) < 4.78 is 0.736. The molecule has 1 aromatic rings. The molecule has 0 unspecified atom stereocenters. The van der Waals surface area contributed by atoms with Crippen LogP contribution in [0.3, 0.4) is 0 Å². The van der Waals surface area contributed by atoms with Crippen LogP contribution in [0, 0.1) is 4.64 Å². The molecule has 0 atom stereocenters. The Balaban J connectivity index is 2.26. The van der Waals surface area contributed by atoms with Crippen LogP contribution in [0.2, 0.25) is 0 Å². The van der Waals surface area contributed by atoms with Crippen molar-refractivity contribution in [2.24, 2.45) is 0 Å². The predicted octanol–water partition coefficient (Wildman–Crippen LogP) is 3.66. The van der Waals surface area contributed by atoms with Gasteiger partial charge < -0.3 is 4.98 Å². The maximum atomic E-state index is 5.20. The first-order valence-corrected chi connectivity index (χ1v) is 7.19. The zero-order valence-corrected chi connectivity index (χ0v) is 10.6. The summed E-state index contributed by atoms with van der Waals surface area (Å²) >= 11 is 6.97. The Bertz CT molecular complexity index is 380. The molecule has 1 aromatic heterocycles. The van der Waals surface area contributed by atoms with E-state index in [1.165, 1.54) is 31.4 Å². The maximum Gasteiger partial charge on any atom is 0.130 e. The van der Waals surface area contributed by atoms with E-state index < -0.39 is 0 Å². The zero-order valence-electron chi connectivity index (χ0n) is 8.95. The van der Waals surface area contributed by atoms with Crippen LogP contribution in [0.4, 0.5) is 0 Å². The maximum absolute atomic E-state index is 5.20. The van der Waals surface area contributed by atoms with Crippen LogP contribution in [-0.4, -0.2) is 16.2 Å². The lowest BCUT2D eigenvalue weighted by atomic mass is 10.0. The first kappa shape index (κ1) is 11.1. The Hall–Kier alpha value is -0.350. The second-order valence-corrected chi connectivity index (χ2v) is 5.32. The number of thioether (sulfide) groups is 1. The summed E-state index contributed by atoms with van der Waals surface area (Å²) in [6.07, 6.45) is 7.39. The molecule has 2 nitrogen and oxygen atoms in total. The number of nitrogens with zero attached hydrogens (tertiary/aromatic N) is 1. The Kier molecular flexibility index (Phi) is 3.81. The molecule has 1 aliphatic rings. The van der Waals surface area contributed by atoms with Gasteiger partial charge in [0.15, 0.2) is 0 Å². The summed E-state index contributed by atoms with van der Waals surface area (Å²) in [4.78, 5) is 7.76. The molecule has 0 bridgehead atoms. The van der Waals surface area contributed by atoms with Crippen LogP contribution in [0.15, 0.2) is 6.07 Å². The van der Waals surface area contributed by atoms with Crippen LogP contribution in [0.5, 0.6) is 0 Å². The van der Waals surface area contributed by atoms with Crippen LogP contribution >= 0.6 is 24.0 Å². The van der Waals surface area contributed by atoms with E-state index >= 15 is 0 Å². The SMILES string of the molecule is CSCc1nc(=S)cc(C2CCCC2)[nH]1. The van der Waals surface area contributed by atoms with Crippen LogP contribution in [0.25, 0.3) is 0 Å². The summed E-state index contributed by atoms with van der Waals surface area (Å²) in [5.41, 5.74) is 1.30. The Morgan fingerprint density at radius 3 is 2.93 bits per heavy atom. The monoisotopic (exact) mass is 240 g/mol. The molecule has 0 aromatic carbocycles. The lowest BCUT2D eigenvalue weighted by Gasteiger charge is -2.10. The standard InChI is InChI=1S/C11H16N2S2/c1-15-7-10-12-9(6-11(14)13-10)8-4-2-3-5-8/h6,8H,2-5,7H2,1H3,(H,12,13,14). The van der Waals surface area contributed by atoms with Gasteiger partial charge in [0.25, 0.3) is 0 Å². The summed E-state index contributed by atoms with van der Waals surface area (Å²) in [6, 6.07) is 2.04. The average Bonchev–Trinajstić information content (AvgIpc) is 2.70. The highest BCUT2D eigenvalue weighted by Crippen LogP contribution is 2.32. The largest absolute Gasteiger partial charge is 0.346 e. The van der Waals surface area contributed by atoms with Crippen LogP contribution in [-0.2, 0) is 5.75 Å². The number of aromatic nitrogens is 2. The first-order chi connectivity index (χ1) is 7.29. The predicted molar refractivity (Wildman–Crippen MR) is 67.8 cm³/mol. The van der Waals surface area contributed by atoms with Crippen molar-refractivity contribution in [2.45, 2.75) is 37.4 Å². The summed E-state index contributed by atoms with van der Waals surface area (Å²) in [5, 5.41) is 0. The smallest absolute Gasteiger partial charge is 0.130 e. The van der Waals surface area contributed by atoms with Crippen molar-refractivity contribution in [3.8, 4) is 0 Å². The third-order valence-electron chi connectivity index (χ3n) is 2.89. The molecule has 0 aliphatic heterocycles. The number of hydrogen-bond donors (Lipinski definition) is 1. The van der Waals surface area contributed by atoms with E-state index in [0.29, 0.717) is 5.92 Å². The van der Waals surface area contributed by atoms with Gasteiger partial charge in [-0.05, 0) is 31.1 Å². The van der Waals surface area contributed by atoms with E-state index in [9.17, 15) is 0 Å².